The quantitative estimate of drug-likeness (QED) is 0.482. The van der Waals surface area contributed by atoms with Crippen LogP contribution in [0.1, 0.15) is 40.9 Å². The van der Waals surface area contributed by atoms with Gasteiger partial charge in [0.05, 0.1) is 12.2 Å². The van der Waals surface area contributed by atoms with Crippen molar-refractivity contribution in [3.05, 3.63) is 77.2 Å². The molecule has 0 saturated carbocycles. The third-order valence-electron chi connectivity index (χ3n) is 6.72. The van der Waals surface area contributed by atoms with Crippen LogP contribution in [0.2, 0.25) is 0 Å². The maximum atomic E-state index is 13.9. The molecule has 1 unspecified atom stereocenters. The van der Waals surface area contributed by atoms with Gasteiger partial charge in [-0.25, -0.2) is 9.37 Å². The Bertz CT molecular complexity index is 1230. The summed E-state index contributed by atoms with van der Waals surface area (Å²) in [6.07, 6.45) is 2.17. The number of Topliss-reactive ketones (excluding diaryl/α,β-unsaturated/α-hetero) is 1. The number of hydrogen-bond acceptors (Lipinski definition) is 7. The fourth-order valence-corrected chi connectivity index (χ4v) is 4.55. The molecule has 5 rings (SSSR count). The summed E-state index contributed by atoms with van der Waals surface area (Å²) in [6, 6.07) is 14.4. The number of hydroxylamine groups is 2. The molecule has 1 N–H and O–H groups in total. The number of hydrogen-bond donors (Lipinski definition) is 1. The molecule has 2 aliphatic heterocycles. The van der Waals surface area contributed by atoms with Crippen LogP contribution < -0.4 is 10.1 Å². The molecule has 1 atom stereocenters. The second kappa shape index (κ2) is 10.7. The number of anilines is 1. The molecule has 0 spiro atoms. The van der Waals surface area contributed by atoms with Gasteiger partial charge >= 0.3 is 0 Å². The van der Waals surface area contributed by atoms with Gasteiger partial charge in [0.2, 0.25) is 0 Å². The minimum Gasteiger partial charge on any atom is -0.485 e. The molecule has 0 radical (unpaired) electrons. The Hall–Kier alpha value is -3.33. The number of ketones is 1. The average molecular weight is 491 g/mol. The van der Waals surface area contributed by atoms with Crippen molar-refractivity contribution in [2.24, 2.45) is 0 Å². The Morgan fingerprint density at radius 3 is 2.61 bits per heavy atom. The number of rotatable bonds is 7. The predicted octanol–water partition coefficient (Wildman–Crippen LogP) is 4.71. The van der Waals surface area contributed by atoms with Crippen molar-refractivity contribution in [3.63, 3.8) is 0 Å². The highest BCUT2D eigenvalue weighted by Gasteiger charge is 2.25. The van der Waals surface area contributed by atoms with Crippen molar-refractivity contribution >= 4 is 11.6 Å². The lowest BCUT2D eigenvalue weighted by atomic mass is 9.98. The molecule has 2 aliphatic rings. The van der Waals surface area contributed by atoms with Crippen LogP contribution in [0.3, 0.4) is 0 Å². The van der Waals surface area contributed by atoms with Gasteiger partial charge in [0.1, 0.15) is 23.5 Å². The van der Waals surface area contributed by atoms with Crippen LogP contribution in [-0.4, -0.2) is 60.5 Å². The van der Waals surface area contributed by atoms with Gasteiger partial charge in [-0.3, -0.25) is 9.63 Å². The highest BCUT2D eigenvalue weighted by Crippen LogP contribution is 2.36. The van der Waals surface area contributed by atoms with Crippen molar-refractivity contribution in [2.75, 3.05) is 45.1 Å². The van der Waals surface area contributed by atoms with Crippen molar-refractivity contribution < 1.29 is 18.8 Å². The van der Waals surface area contributed by atoms with Gasteiger partial charge in [-0.05, 0) is 43.3 Å². The van der Waals surface area contributed by atoms with E-state index in [4.69, 9.17) is 9.57 Å². The number of carbonyl (C=O) groups is 1. The van der Waals surface area contributed by atoms with Crippen LogP contribution in [0.15, 0.2) is 54.7 Å². The van der Waals surface area contributed by atoms with E-state index in [1.165, 1.54) is 25.1 Å². The summed E-state index contributed by atoms with van der Waals surface area (Å²) >= 11 is 0. The molecule has 0 amide bonds. The van der Waals surface area contributed by atoms with Crippen molar-refractivity contribution in [3.8, 4) is 16.9 Å². The zero-order chi connectivity index (χ0) is 25.1. The molecule has 188 valence electrons. The molecule has 1 aromatic heterocycles. The number of halogens is 1. The Balaban J connectivity index is 1.31. The summed E-state index contributed by atoms with van der Waals surface area (Å²) < 4.78 is 20.1. The number of fused-ring (bicyclic) bond motifs is 1. The van der Waals surface area contributed by atoms with Gasteiger partial charge in [-0.2, -0.15) is 5.06 Å². The van der Waals surface area contributed by atoms with E-state index in [0.717, 1.165) is 54.3 Å². The van der Waals surface area contributed by atoms with Crippen molar-refractivity contribution in [1.29, 1.82) is 0 Å². The smallest absolute Gasteiger partial charge is 0.163 e. The van der Waals surface area contributed by atoms with E-state index in [1.54, 1.807) is 0 Å². The number of nitrogens with zero attached hydrogens (tertiary/aromatic N) is 3. The van der Waals surface area contributed by atoms with Crippen molar-refractivity contribution in [2.45, 2.75) is 26.1 Å². The monoisotopic (exact) mass is 490 g/mol. The van der Waals surface area contributed by atoms with Crippen LogP contribution in [0.25, 0.3) is 11.1 Å². The Labute approximate surface area is 210 Å². The number of likely N-dealkylation sites (N-methyl/N-ethyl adjacent to an activating group) is 1. The van der Waals surface area contributed by atoms with Crippen LogP contribution >= 0.6 is 0 Å². The van der Waals surface area contributed by atoms with E-state index in [9.17, 15) is 9.18 Å². The fourth-order valence-electron chi connectivity index (χ4n) is 4.55. The summed E-state index contributed by atoms with van der Waals surface area (Å²) in [5.74, 6) is 0.402. The van der Waals surface area contributed by atoms with Gasteiger partial charge in [0.25, 0.3) is 0 Å². The summed E-state index contributed by atoms with van der Waals surface area (Å²) in [4.78, 5) is 24.9. The Morgan fingerprint density at radius 2 is 1.86 bits per heavy atom. The first-order chi connectivity index (χ1) is 17.5. The largest absolute Gasteiger partial charge is 0.485 e. The number of aromatic nitrogens is 1. The zero-order valence-electron chi connectivity index (χ0n) is 20.7. The maximum absolute atomic E-state index is 13.9. The minimum atomic E-state index is -0.437. The van der Waals surface area contributed by atoms with E-state index in [-0.39, 0.29) is 17.6 Å². The third kappa shape index (κ3) is 5.56. The van der Waals surface area contributed by atoms with Crippen molar-refractivity contribution in [1.82, 2.24) is 14.9 Å². The van der Waals surface area contributed by atoms with Gasteiger partial charge in [-0.1, -0.05) is 24.3 Å². The molecule has 3 heterocycles. The fraction of sp³-hybridized carbons (Fsp3) is 0.357. The summed E-state index contributed by atoms with van der Waals surface area (Å²) in [7, 11) is 2.13. The lowest BCUT2D eigenvalue weighted by Gasteiger charge is -2.31. The number of nitrogens with one attached hydrogen (secondary N) is 1. The van der Waals surface area contributed by atoms with Gasteiger partial charge < -0.3 is 15.0 Å². The molecular weight excluding hydrogens is 459 g/mol. The van der Waals surface area contributed by atoms with Crippen LogP contribution in [0.5, 0.6) is 5.75 Å². The second-order valence-corrected chi connectivity index (χ2v) is 9.38. The number of piperazine rings is 1. The van der Waals surface area contributed by atoms with E-state index in [1.807, 2.05) is 11.3 Å². The molecule has 1 fully saturated rings. The molecule has 0 aliphatic carbocycles. The molecule has 1 saturated heterocycles. The Kier molecular flexibility index (Phi) is 7.27. The first-order valence-corrected chi connectivity index (χ1v) is 12.3. The number of ether oxygens (including phenoxy) is 1. The highest BCUT2D eigenvalue weighted by molar-refractivity contribution is 5.96. The molecule has 8 heteroatoms. The predicted molar refractivity (Wildman–Crippen MR) is 136 cm³/mol. The van der Waals surface area contributed by atoms with E-state index >= 15 is 0 Å². The number of pyridine rings is 1. The SMILES string of the molecule is CC(=O)c1ccc(F)cc1OC1CCNc2ncc(-c3ccc(CON4CCN(C)CC4)cc3)cc21. The molecular formula is C28H31FN4O3. The maximum Gasteiger partial charge on any atom is 0.163 e. The van der Waals surface area contributed by atoms with E-state index in [2.05, 4.69) is 52.6 Å². The van der Waals surface area contributed by atoms with Gasteiger partial charge in [0, 0.05) is 62.5 Å². The standard InChI is InChI=1S/C28H31FN4O3/c1-19(34)24-8-7-23(29)16-27(24)36-26-9-10-30-28-25(26)15-22(17-31-28)21-5-3-20(4-6-21)18-35-33-13-11-32(2)12-14-33/h3-8,15-17,26H,9-14,18H2,1-2H3,(H,30,31). The lowest BCUT2D eigenvalue weighted by molar-refractivity contribution is -0.184. The van der Waals surface area contributed by atoms with E-state index < -0.39 is 5.82 Å². The summed E-state index contributed by atoms with van der Waals surface area (Å²) in [5.41, 5.74) is 4.36. The minimum absolute atomic E-state index is 0.164. The first-order valence-electron chi connectivity index (χ1n) is 12.3. The topological polar surface area (TPSA) is 66.9 Å². The normalized spacial score (nSPS) is 18.4. The molecule has 0 bridgehead atoms. The zero-order valence-corrected chi connectivity index (χ0v) is 20.7. The van der Waals surface area contributed by atoms with Crippen LogP contribution in [0.4, 0.5) is 10.2 Å². The lowest BCUT2D eigenvalue weighted by Crippen LogP contribution is -2.44. The second-order valence-electron chi connectivity index (χ2n) is 9.38. The van der Waals surface area contributed by atoms with Crippen LogP contribution in [-0.2, 0) is 11.4 Å². The average Bonchev–Trinajstić information content (AvgIpc) is 2.88. The van der Waals surface area contributed by atoms with Gasteiger partial charge in [0.15, 0.2) is 5.78 Å². The summed E-state index contributed by atoms with van der Waals surface area (Å²) in [5, 5.41) is 5.34. The highest BCUT2D eigenvalue weighted by atomic mass is 19.1. The molecule has 3 aromatic rings. The number of benzene rings is 2. The first kappa shape index (κ1) is 24.4. The molecule has 36 heavy (non-hydrogen) atoms. The van der Waals surface area contributed by atoms with E-state index in [0.29, 0.717) is 25.1 Å². The molecule has 7 nitrogen and oxygen atoms in total. The molecule has 2 aromatic carbocycles. The van der Waals surface area contributed by atoms with Gasteiger partial charge in [-0.15, -0.1) is 0 Å². The third-order valence-corrected chi connectivity index (χ3v) is 6.72. The summed E-state index contributed by atoms with van der Waals surface area (Å²) in [6.45, 7) is 6.52. The van der Waals surface area contributed by atoms with Crippen LogP contribution in [0, 0.1) is 5.82 Å². The number of carbonyl (C=O) groups excluding carboxylic acids is 1. The Morgan fingerprint density at radius 1 is 1.08 bits per heavy atom.